The fraction of sp³-hybridized carbons (Fsp3) is 0.0833. The fourth-order valence-corrected chi connectivity index (χ4v) is 3.24. The Morgan fingerprint density at radius 2 is 2.28 bits per heavy atom. The van der Waals surface area contributed by atoms with Crippen LogP contribution in [-0.4, -0.2) is 9.61 Å². The highest BCUT2D eigenvalue weighted by molar-refractivity contribution is 7.10. The first-order valence-corrected chi connectivity index (χ1v) is 6.68. The number of aromatic nitrogens is 2. The Morgan fingerprint density at radius 3 is 3.00 bits per heavy atom. The van der Waals surface area contributed by atoms with Gasteiger partial charge in [-0.1, -0.05) is 17.7 Å². The Labute approximate surface area is 113 Å². The molecule has 0 saturated heterocycles. The summed E-state index contributed by atoms with van der Waals surface area (Å²) in [5.74, 6) is 5.68. The van der Waals surface area contributed by atoms with Gasteiger partial charge in [0.05, 0.1) is 22.8 Å². The minimum absolute atomic E-state index is 0.141. The zero-order chi connectivity index (χ0) is 12.5. The van der Waals surface area contributed by atoms with Gasteiger partial charge in [-0.2, -0.15) is 5.10 Å². The van der Waals surface area contributed by atoms with Crippen molar-refractivity contribution in [2.75, 3.05) is 0 Å². The molecule has 3 aromatic heterocycles. The molecule has 0 aliphatic rings. The summed E-state index contributed by atoms with van der Waals surface area (Å²) in [7, 11) is 0. The Balaban J connectivity index is 2.15. The maximum absolute atomic E-state index is 6.17. The number of nitrogens with one attached hydrogen (secondary N) is 1. The minimum Gasteiger partial charge on any atom is -0.271 e. The first-order chi connectivity index (χ1) is 8.81. The number of rotatable bonds is 3. The molecule has 0 aromatic carbocycles. The maximum Gasteiger partial charge on any atom is 0.0854 e. The fourth-order valence-electron chi connectivity index (χ4n) is 1.99. The third-order valence-corrected chi connectivity index (χ3v) is 4.26. The molecule has 3 aromatic rings. The highest BCUT2D eigenvalue weighted by Crippen LogP contribution is 2.33. The van der Waals surface area contributed by atoms with Crippen LogP contribution in [0.1, 0.15) is 16.5 Å². The highest BCUT2D eigenvalue weighted by atomic mass is 35.5. The zero-order valence-electron chi connectivity index (χ0n) is 9.38. The molecular formula is C12H11ClN4S. The zero-order valence-corrected chi connectivity index (χ0v) is 10.9. The van der Waals surface area contributed by atoms with E-state index in [1.165, 1.54) is 0 Å². The molecule has 0 radical (unpaired) electrons. The summed E-state index contributed by atoms with van der Waals surface area (Å²) in [5, 5.41) is 6.98. The lowest BCUT2D eigenvalue weighted by Crippen LogP contribution is -2.28. The van der Waals surface area contributed by atoms with E-state index in [1.54, 1.807) is 11.3 Å². The van der Waals surface area contributed by atoms with Crippen LogP contribution < -0.4 is 11.3 Å². The summed E-state index contributed by atoms with van der Waals surface area (Å²) in [5.41, 5.74) is 4.85. The van der Waals surface area contributed by atoms with Crippen LogP contribution in [0.5, 0.6) is 0 Å². The second-order valence-corrected chi connectivity index (χ2v) is 5.22. The van der Waals surface area contributed by atoms with Crippen molar-refractivity contribution in [3.63, 3.8) is 0 Å². The van der Waals surface area contributed by atoms with E-state index in [1.807, 2.05) is 46.6 Å². The van der Waals surface area contributed by atoms with E-state index in [9.17, 15) is 0 Å². The molecule has 6 heteroatoms. The highest BCUT2D eigenvalue weighted by Gasteiger charge is 2.20. The van der Waals surface area contributed by atoms with Crippen LogP contribution in [-0.2, 0) is 0 Å². The molecule has 18 heavy (non-hydrogen) atoms. The van der Waals surface area contributed by atoms with E-state index in [-0.39, 0.29) is 6.04 Å². The lowest BCUT2D eigenvalue weighted by Gasteiger charge is -2.13. The second kappa shape index (κ2) is 4.70. The molecule has 3 N–H and O–H groups in total. The Kier molecular flexibility index (Phi) is 3.05. The lowest BCUT2D eigenvalue weighted by molar-refractivity contribution is 0.650. The standard InChI is InChI=1S/C12H11ClN4S/c13-9-4-6-18-12(9)11(16-14)8-7-15-17-5-2-1-3-10(8)17/h1-7,11,16H,14H2. The molecule has 92 valence electrons. The van der Waals surface area contributed by atoms with Crippen molar-refractivity contribution in [3.8, 4) is 0 Å². The number of hydrogen-bond acceptors (Lipinski definition) is 4. The van der Waals surface area contributed by atoms with Crippen LogP contribution in [0.2, 0.25) is 5.02 Å². The number of hydrogen-bond donors (Lipinski definition) is 2. The van der Waals surface area contributed by atoms with Crippen LogP contribution in [0.25, 0.3) is 5.52 Å². The van der Waals surface area contributed by atoms with Gasteiger partial charge in [0.25, 0.3) is 0 Å². The normalized spacial score (nSPS) is 13.0. The van der Waals surface area contributed by atoms with Gasteiger partial charge >= 0.3 is 0 Å². The number of halogens is 1. The second-order valence-electron chi connectivity index (χ2n) is 3.86. The van der Waals surface area contributed by atoms with E-state index in [4.69, 9.17) is 17.4 Å². The maximum atomic E-state index is 6.17. The van der Waals surface area contributed by atoms with Crippen LogP contribution >= 0.6 is 22.9 Å². The molecule has 0 aliphatic heterocycles. The molecule has 0 saturated carbocycles. The number of pyridine rings is 1. The van der Waals surface area contributed by atoms with Crippen LogP contribution in [0.4, 0.5) is 0 Å². The Hall–Kier alpha value is -1.40. The molecule has 1 unspecified atom stereocenters. The number of fused-ring (bicyclic) bond motifs is 1. The van der Waals surface area contributed by atoms with Crippen molar-refractivity contribution in [1.29, 1.82) is 0 Å². The van der Waals surface area contributed by atoms with E-state index < -0.39 is 0 Å². The van der Waals surface area contributed by atoms with Crippen LogP contribution in [0.3, 0.4) is 0 Å². The van der Waals surface area contributed by atoms with E-state index in [0.29, 0.717) is 0 Å². The van der Waals surface area contributed by atoms with Crippen LogP contribution in [0.15, 0.2) is 42.0 Å². The first-order valence-electron chi connectivity index (χ1n) is 5.42. The molecule has 0 fully saturated rings. The smallest absolute Gasteiger partial charge is 0.0854 e. The molecule has 0 amide bonds. The SMILES string of the molecule is NNC(c1sccc1Cl)c1cnn2ccccc12. The van der Waals surface area contributed by atoms with Gasteiger partial charge in [0.2, 0.25) is 0 Å². The van der Waals surface area contributed by atoms with Gasteiger partial charge in [0.1, 0.15) is 0 Å². The molecule has 0 aliphatic carbocycles. The van der Waals surface area contributed by atoms with Crippen molar-refractivity contribution in [3.05, 3.63) is 57.5 Å². The summed E-state index contributed by atoms with van der Waals surface area (Å²) in [6, 6.07) is 7.65. The summed E-state index contributed by atoms with van der Waals surface area (Å²) in [4.78, 5) is 0.998. The van der Waals surface area contributed by atoms with E-state index in [2.05, 4.69) is 10.5 Å². The van der Waals surface area contributed by atoms with Crippen molar-refractivity contribution in [2.45, 2.75) is 6.04 Å². The van der Waals surface area contributed by atoms with Gasteiger partial charge < -0.3 is 0 Å². The van der Waals surface area contributed by atoms with Crippen molar-refractivity contribution in [2.24, 2.45) is 5.84 Å². The monoisotopic (exact) mass is 278 g/mol. The molecular weight excluding hydrogens is 268 g/mol. The minimum atomic E-state index is -0.141. The average Bonchev–Trinajstić information content (AvgIpc) is 2.99. The van der Waals surface area contributed by atoms with Gasteiger partial charge in [-0.3, -0.25) is 5.84 Å². The van der Waals surface area contributed by atoms with Crippen molar-refractivity contribution >= 4 is 28.5 Å². The number of nitrogens with two attached hydrogens (primary N) is 1. The number of nitrogens with zero attached hydrogens (tertiary/aromatic N) is 2. The summed E-state index contributed by atoms with van der Waals surface area (Å²) < 4.78 is 1.82. The van der Waals surface area contributed by atoms with E-state index in [0.717, 1.165) is 21.0 Å². The summed E-state index contributed by atoms with van der Waals surface area (Å²) in [6.07, 6.45) is 3.72. The first kappa shape index (κ1) is 11.7. The molecule has 4 nitrogen and oxygen atoms in total. The number of hydrazine groups is 1. The molecule has 3 heterocycles. The average molecular weight is 279 g/mol. The van der Waals surface area contributed by atoms with Crippen LogP contribution in [0, 0.1) is 0 Å². The number of thiophene rings is 1. The van der Waals surface area contributed by atoms with Gasteiger partial charge in [-0.15, -0.1) is 11.3 Å². The lowest BCUT2D eigenvalue weighted by atomic mass is 10.1. The predicted octanol–water partition coefficient (Wildman–Crippen LogP) is 2.60. The predicted molar refractivity (Wildman–Crippen MR) is 73.7 cm³/mol. The quantitative estimate of drug-likeness (QED) is 0.572. The summed E-state index contributed by atoms with van der Waals surface area (Å²) in [6.45, 7) is 0. The largest absolute Gasteiger partial charge is 0.271 e. The van der Waals surface area contributed by atoms with Gasteiger partial charge in [0.15, 0.2) is 0 Å². The Morgan fingerprint density at radius 1 is 1.39 bits per heavy atom. The van der Waals surface area contributed by atoms with Crippen molar-refractivity contribution < 1.29 is 0 Å². The molecule has 1 atom stereocenters. The summed E-state index contributed by atoms with van der Waals surface area (Å²) >= 11 is 7.75. The molecule has 3 rings (SSSR count). The topological polar surface area (TPSA) is 55.3 Å². The van der Waals surface area contributed by atoms with Gasteiger partial charge in [-0.25, -0.2) is 9.94 Å². The molecule has 0 spiro atoms. The van der Waals surface area contributed by atoms with Gasteiger partial charge in [0, 0.05) is 16.6 Å². The molecule has 0 bridgehead atoms. The van der Waals surface area contributed by atoms with E-state index >= 15 is 0 Å². The van der Waals surface area contributed by atoms with Gasteiger partial charge in [-0.05, 0) is 23.6 Å². The third kappa shape index (κ3) is 1.81. The van der Waals surface area contributed by atoms with Crippen molar-refractivity contribution in [1.82, 2.24) is 15.0 Å². The Bertz CT molecular complexity index is 675. The third-order valence-electron chi connectivity index (χ3n) is 2.84.